The van der Waals surface area contributed by atoms with Gasteiger partial charge in [0.05, 0.1) is 17.5 Å². The zero-order chi connectivity index (χ0) is 19.1. The third-order valence-corrected chi connectivity index (χ3v) is 5.93. The number of aliphatic carboxylic acids is 1. The van der Waals surface area contributed by atoms with Crippen LogP contribution in [0.15, 0.2) is 30.5 Å². The average Bonchev–Trinajstić information content (AvgIpc) is 3.23. The van der Waals surface area contributed by atoms with Crippen LogP contribution in [0.5, 0.6) is 0 Å². The van der Waals surface area contributed by atoms with Gasteiger partial charge in [-0.2, -0.15) is 5.10 Å². The summed E-state index contributed by atoms with van der Waals surface area (Å²) < 4.78 is 15.5. The molecule has 0 radical (unpaired) electrons. The Morgan fingerprint density at radius 3 is 2.70 bits per heavy atom. The molecule has 1 N–H and O–H groups in total. The van der Waals surface area contributed by atoms with Crippen LogP contribution >= 0.6 is 0 Å². The van der Waals surface area contributed by atoms with Crippen LogP contribution in [0.25, 0.3) is 5.69 Å². The van der Waals surface area contributed by atoms with E-state index in [4.69, 9.17) is 0 Å². The van der Waals surface area contributed by atoms with Crippen LogP contribution in [0.3, 0.4) is 0 Å². The molecule has 1 aromatic carbocycles. The van der Waals surface area contributed by atoms with Crippen LogP contribution in [0.4, 0.5) is 4.39 Å². The molecule has 1 aliphatic carbocycles. The minimum absolute atomic E-state index is 0.0384. The molecule has 3 unspecified atom stereocenters. The fourth-order valence-corrected chi connectivity index (χ4v) is 4.60. The Labute approximate surface area is 156 Å². The number of para-hydroxylation sites is 1. The Hall–Kier alpha value is -2.70. The molecule has 1 amide bonds. The van der Waals surface area contributed by atoms with E-state index in [1.165, 1.54) is 16.9 Å². The van der Waals surface area contributed by atoms with Gasteiger partial charge in [-0.15, -0.1) is 0 Å². The highest BCUT2D eigenvalue weighted by molar-refractivity contribution is 5.98. The van der Waals surface area contributed by atoms with E-state index in [1.807, 2.05) is 0 Å². The van der Waals surface area contributed by atoms with Gasteiger partial charge in [-0.1, -0.05) is 25.0 Å². The summed E-state index contributed by atoms with van der Waals surface area (Å²) in [5.74, 6) is -1.47. The van der Waals surface area contributed by atoms with Crippen molar-refractivity contribution in [1.82, 2.24) is 14.7 Å². The molecule has 1 aliphatic heterocycles. The second-order valence-corrected chi connectivity index (χ2v) is 7.42. The van der Waals surface area contributed by atoms with Crippen molar-refractivity contribution in [3.8, 4) is 5.69 Å². The van der Waals surface area contributed by atoms with Gasteiger partial charge in [-0.3, -0.25) is 4.79 Å². The highest BCUT2D eigenvalue weighted by Gasteiger charge is 2.48. The van der Waals surface area contributed by atoms with Crippen LogP contribution in [0.1, 0.15) is 48.2 Å². The summed E-state index contributed by atoms with van der Waals surface area (Å²) in [7, 11) is 0. The van der Waals surface area contributed by atoms with E-state index >= 15 is 0 Å². The lowest BCUT2D eigenvalue weighted by atomic mass is 9.84. The third-order valence-electron chi connectivity index (χ3n) is 5.93. The molecule has 27 heavy (non-hydrogen) atoms. The molecular weight excluding hydrogens is 349 g/mol. The summed E-state index contributed by atoms with van der Waals surface area (Å²) in [6.07, 6.45) is 5.81. The highest BCUT2D eigenvalue weighted by Crippen LogP contribution is 2.40. The van der Waals surface area contributed by atoms with Crippen molar-refractivity contribution in [3.63, 3.8) is 0 Å². The Morgan fingerprint density at radius 2 is 1.96 bits per heavy atom. The highest BCUT2D eigenvalue weighted by atomic mass is 19.1. The van der Waals surface area contributed by atoms with Crippen LogP contribution in [-0.4, -0.2) is 43.7 Å². The topological polar surface area (TPSA) is 75.4 Å². The lowest BCUT2D eigenvalue weighted by Crippen LogP contribution is -2.46. The molecule has 6 nitrogen and oxygen atoms in total. The molecule has 1 saturated carbocycles. The molecule has 4 rings (SSSR count). The van der Waals surface area contributed by atoms with Gasteiger partial charge in [-0.05, 0) is 44.2 Å². The predicted molar refractivity (Wildman–Crippen MR) is 96.2 cm³/mol. The molecular formula is C20H22FN3O3. The maximum absolute atomic E-state index is 14.1. The number of hydrogen-bond acceptors (Lipinski definition) is 3. The molecule has 3 atom stereocenters. The molecule has 0 bridgehead atoms. The second kappa shape index (κ2) is 6.79. The lowest BCUT2D eigenvalue weighted by Gasteiger charge is -2.32. The number of rotatable bonds is 3. The van der Waals surface area contributed by atoms with Crippen molar-refractivity contribution < 1.29 is 19.1 Å². The molecule has 1 aromatic heterocycles. The van der Waals surface area contributed by atoms with Crippen LogP contribution in [-0.2, 0) is 4.79 Å². The Morgan fingerprint density at radius 1 is 1.22 bits per heavy atom. The van der Waals surface area contributed by atoms with E-state index in [1.54, 1.807) is 30.0 Å². The van der Waals surface area contributed by atoms with Gasteiger partial charge in [0.2, 0.25) is 0 Å². The Kier molecular flexibility index (Phi) is 4.45. The number of amides is 1. The molecule has 7 heteroatoms. The largest absolute Gasteiger partial charge is 0.480 e. The van der Waals surface area contributed by atoms with Gasteiger partial charge in [0.1, 0.15) is 17.5 Å². The van der Waals surface area contributed by atoms with E-state index < -0.39 is 17.8 Å². The maximum atomic E-state index is 14.1. The van der Waals surface area contributed by atoms with Crippen LogP contribution in [0, 0.1) is 18.7 Å². The normalized spacial score (nSPS) is 24.7. The van der Waals surface area contributed by atoms with Crippen molar-refractivity contribution in [1.29, 1.82) is 0 Å². The first-order valence-electron chi connectivity index (χ1n) is 9.34. The van der Waals surface area contributed by atoms with E-state index in [2.05, 4.69) is 5.10 Å². The van der Waals surface area contributed by atoms with Gasteiger partial charge in [0.15, 0.2) is 0 Å². The minimum atomic E-state index is -0.961. The predicted octanol–water partition coefficient (Wildman–Crippen LogP) is 3.18. The molecule has 2 aliphatic rings. The van der Waals surface area contributed by atoms with Crippen molar-refractivity contribution in [2.45, 2.75) is 51.1 Å². The van der Waals surface area contributed by atoms with Crippen LogP contribution in [0.2, 0.25) is 0 Å². The van der Waals surface area contributed by atoms with E-state index in [9.17, 15) is 19.1 Å². The standard InChI is InChI=1S/C20H22FN3O3/c1-12-14(11-22-24(12)17-9-5-3-7-15(17)21)19(25)23-16-8-4-2-6-13(16)10-18(23)20(26)27/h3,5,7,9,11,13,16,18H,2,4,6,8,10H2,1H3,(H,26,27). The lowest BCUT2D eigenvalue weighted by molar-refractivity contribution is -0.141. The summed E-state index contributed by atoms with van der Waals surface area (Å²) in [6, 6.07) is 5.39. The number of nitrogens with zero attached hydrogens (tertiary/aromatic N) is 3. The van der Waals surface area contributed by atoms with E-state index in [0.717, 1.165) is 25.7 Å². The summed E-state index contributed by atoms with van der Waals surface area (Å²) in [4.78, 5) is 26.6. The van der Waals surface area contributed by atoms with Gasteiger partial charge in [0, 0.05) is 6.04 Å². The number of carbonyl (C=O) groups excluding carboxylic acids is 1. The maximum Gasteiger partial charge on any atom is 0.326 e. The smallest absolute Gasteiger partial charge is 0.326 e. The molecule has 2 fully saturated rings. The number of carbonyl (C=O) groups is 2. The summed E-state index contributed by atoms with van der Waals surface area (Å²) in [5.41, 5.74) is 1.10. The van der Waals surface area contributed by atoms with E-state index in [-0.39, 0.29) is 23.6 Å². The first-order chi connectivity index (χ1) is 13.0. The second-order valence-electron chi connectivity index (χ2n) is 7.42. The molecule has 1 saturated heterocycles. The van der Waals surface area contributed by atoms with E-state index in [0.29, 0.717) is 17.7 Å². The SMILES string of the molecule is Cc1c(C(=O)N2C(C(=O)O)CC3CCCCC32)cnn1-c1ccccc1F. The summed E-state index contributed by atoms with van der Waals surface area (Å²) >= 11 is 0. The van der Waals surface area contributed by atoms with Gasteiger partial charge >= 0.3 is 5.97 Å². The van der Waals surface area contributed by atoms with Crippen molar-refractivity contribution in [3.05, 3.63) is 47.5 Å². The number of fused-ring (bicyclic) bond motifs is 1. The zero-order valence-electron chi connectivity index (χ0n) is 15.1. The first kappa shape index (κ1) is 17.7. The number of aromatic nitrogens is 2. The molecule has 0 spiro atoms. The first-order valence-corrected chi connectivity index (χ1v) is 9.34. The molecule has 142 valence electrons. The minimum Gasteiger partial charge on any atom is -0.480 e. The van der Waals surface area contributed by atoms with Crippen molar-refractivity contribution >= 4 is 11.9 Å². The Balaban J connectivity index is 1.70. The summed E-state index contributed by atoms with van der Waals surface area (Å²) in [5, 5.41) is 13.8. The molecule has 2 aromatic rings. The molecule has 2 heterocycles. The monoisotopic (exact) mass is 371 g/mol. The van der Waals surface area contributed by atoms with Crippen molar-refractivity contribution in [2.75, 3.05) is 0 Å². The van der Waals surface area contributed by atoms with Crippen LogP contribution < -0.4 is 0 Å². The fraction of sp³-hybridized carbons (Fsp3) is 0.450. The number of hydrogen-bond donors (Lipinski definition) is 1. The number of halogens is 1. The number of likely N-dealkylation sites (tertiary alicyclic amines) is 1. The average molecular weight is 371 g/mol. The third kappa shape index (κ3) is 2.91. The number of carboxylic acid groups (broad SMARTS) is 1. The fourth-order valence-electron chi connectivity index (χ4n) is 4.60. The summed E-state index contributed by atoms with van der Waals surface area (Å²) in [6.45, 7) is 1.71. The van der Waals surface area contributed by atoms with Gasteiger partial charge in [0.25, 0.3) is 5.91 Å². The van der Waals surface area contributed by atoms with Gasteiger partial charge < -0.3 is 10.0 Å². The van der Waals surface area contributed by atoms with Crippen molar-refractivity contribution in [2.24, 2.45) is 5.92 Å². The van der Waals surface area contributed by atoms with Gasteiger partial charge in [-0.25, -0.2) is 13.9 Å². The number of carboxylic acids is 1. The zero-order valence-corrected chi connectivity index (χ0v) is 15.1. The number of benzene rings is 1. The quantitative estimate of drug-likeness (QED) is 0.899. The Bertz CT molecular complexity index is 894.